The molecule has 0 saturated carbocycles. The molecule has 0 amide bonds. The molecule has 0 spiro atoms. The smallest absolute Gasteiger partial charge is 0.462 e. The maximum Gasteiger partial charge on any atom is 0.472 e. The second-order valence-electron chi connectivity index (χ2n) is 28.8. The molecule has 100 heavy (non-hydrogen) atoms. The predicted octanol–water partition coefficient (Wildman–Crippen LogP) is 24.3. The molecule has 0 aliphatic heterocycles. The molecule has 0 fully saturated rings. The summed E-state index contributed by atoms with van der Waals surface area (Å²) in [6, 6.07) is 0. The first-order chi connectivity index (χ1) is 48.7. The van der Waals surface area contributed by atoms with Gasteiger partial charge in [-0.25, -0.2) is 9.13 Å². The van der Waals surface area contributed by atoms with Gasteiger partial charge in [-0.15, -0.1) is 0 Å². The summed E-state index contributed by atoms with van der Waals surface area (Å²) < 4.78 is 68.7. The molecule has 0 saturated heterocycles. The second-order valence-corrected chi connectivity index (χ2v) is 31.7. The zero-order valence-corrected chi connectivity index (χ0v) is 66.7. The van der Waals surface area contributed by atoms with Crippen molar-refractivity contribution in [2.45, 2.75) is 444 Å². The molecular weight excluding hydrogens is 1310 g/mol. The number of unbranched alkanes of at least 4 members (excludes halogenated alkanes) is 53. The third kappa shape index (κ3) is 74.1. The molecule has 0 aliphatic carbocycles. The monoisotopic (exact) mass is 1460 g/mol. The molecule has 0 aromatic rings. The first-order valence-electron chi connectivity index (χ1n) is 41.9. The van der Waals surface area contributed by atoms with Crippen LogP contribution in [0.5, 0.6) is 0 Å². The fraction of sp³-hybridized carbons (Fsp3) is 0.926. The summed E-state index contributed by atoms with van der Waals surface area (Å²) in [5, 5.41) is 10.6. The third-order valence-electron chi connectivity index (χ3n) is 18.8. The second kappa shape index (κ2) is 75.0. The van der Waals surface area contributed by atoms with Crippen molar-refractivity contribution < 1.29 is 80.2 Å². The summed E-state index contributed by atoms with van der Waals surface area (Å²) in [6.45, 7) is 5.01. The van der Waals surface area contributed by atoms with E-state index in [1.165, 1.54) is 244 Å². The molecule has 0 radical (unpaired) electrons. The SMILES string of the molecule is CCCCCCCC/C=C\CCCCCCCC(=O)O[C@H](COC(=O)CCCCCCCCCCCCCCCCC)COP(=O)(O)OC[C@H](O)COP(=O)(O)OC[C@@H](COC(=O)CCCCCCCCCCCCCCCCC)OC(=O)CCCCCCCCCCCCCCCCC. The van der Waals surface area contributed by atoms with Gasteiger partial charge in [0.25, 0.3) is 0 Å². The van der Waals surface area contributed by atoms with E-state index in [0.29, 0.717) is 25.7 Å². The van der Waals surface area contributed by atoms with E-state index in [-0.39, 0.29) is 25.7 Å². The Morgan fingerprint density at radius 3 is 0.690 bits per heavy atom. The van der Waals surface area contributed by atoms with Crippen LogP contribution in [0.1, 0.15) is 426 Å². The van der Waals surface area contributed by atoms with Crippen LogP contribution >= 0.6 is 15.6 Å². The van der Waals surface area contributed by atoms with E-state index in [1.54, 1.807) is 0 Å². The Bertz CT molecular complexity index is 1940. The molecule has 19 heteroatoms. The molecule has 0 bridgehead atoms. The summed E-state index contributed by atoms with van der Waals surface area (Å²) in [5.74, 6) is -2.12. The Morgan fingerprint density at radius 1 is 0.270 bits per heavy atom. The molecule has 3 N–H and O–H groups in total. The van der Waals surface area contributed by atoms with Crippen molar-refractivity contribution in [3.63, 3.8) is 0 Å². The van der Waals surface area contributed by atoms with Crippen molar-refractivity contribution >= 4 is 39.5 Å². The van der Waals surface area contributed by atoms with Gasteiger partial charge in [0.15, 0.2) is 12.2 Å². The maximum atomic E-state index is 13.1. The number of phosphoric ester groups is 2. The minimum atomic E-state index is -4.96. The Kier molecular flexibility index (Phi) is 73.4. The normalized spacial score (nSPS) is 13.9. The van der Waals surface area contributed by atoms with E-state index >= 15 is 0 Å². The highest BCUT2D eigenvalue weighted by molar-refractivity contribution is 7.47. The lowest BCUT2D eigenvalue weighted by atomic mass is 10.0. The van der Waals surface area contributed by atoms with Crippen LogP contribution in [0.3, 0.4) is 0 Å². The van der Waals surface area contributed by atoms with Crippen LogP contribution in [0.4, 0.5) is 0 Å². The topological polar surface area (TPSA) is 237 Å². The number of hydrogen-bond acceptors (Lipinski definition) is 15. The quantitative estimate of drug-likeness (QED) is 0.0169. The van der Waals surface area contributed by atoms with Gasteiger partial charge in [0, 0.05) is 25.7 Å². The molecule has 5 atom stereocenters. The standard InChI is InChI=1S/C81H156O17P2/c1-5-9-13-17-21-25-29-33-37-41-45-49-53-57-61-65-78(83)91-71-76(97-80(85)67-63-59-55-51-47-43-39-35-31-27-23-19-15-11-7-3)73-95-99(87,88)93-69-75(82)70-94-100(89,90)96-74-77(98-81(86)68-64-60-56-52-48-44-40-36-32-28-24-20-16-12-8-4)72-92-79(84)66-62-58-54-50-46-42-38-34-30-26-22-18-14-10-6-2/h35,39,75-77,82H,5-34,36-38,40-74H2,1-4H3,(H,87,88)(H,89,90)/b39-35-/t75-,76+,77+/m0/s1. The number of carbonyl (C=O) groups excluding carboxylic acids is 4. The average molecular weight is 1460 g/mol. The van der Waals surface area contributed by atoms with Crippen LogP contribution in [-0.4, -0.2) is 96.7 Å². The van der Waals surface area contributed by atoms with Crippen molar-refractivity contribution in [1.82, 2.24) is 0 Å². The van der Waals surface area contributed by atoms with Crippen LogP contribution < -0.4 is 0 Å². The molecule has 0 aromatic heterocycles. The summed E-state index contributed by atoms with van der Waals surface area (Å²) in [5.41, 5.74) is 0. The van der Waals surface area contributed by atoms with Gasteiger partial charge in [0.1, 0.15) is 19.3 Å². The van der Waals surface area contributed by atoms with E-state index in [0.717, 1.165) is 103 Å². The van der Waals surface area contributed by atoms with Crippen molar-refractivity contribution in [2.75, 3.05) is 39.6 Å². The molecule has 0 aliphatic rings. The van der Waals surface area contributed by atoms with E-state index in [2.05, 4.69) is 39.8 Å². The van der Waals surface area contributed by atoms with Crippen LogP contribution in [0.25, 0.3) is 0 Å². The number of allylic oxidation sites excluding steroid dienone is 2. The minimum absolute atomic E-state index is 0.0953. The first-order valence-corrected chi connectivity index (χ1v) is 44.9. The minimum Gasteiger partial charge on any atom is -0.462 e. The number of carbonyl (C=O) groups is 4. The van der Waals surface area contributed by atoms with Gasteiger partial charge in [-0.1, -0.05) is 361 Å². The van der Waals surface area contributed by atoms with Gasteiger partial charge in [0.05, 0.1) is 26.4 Å². The number of esters is 4. The van der Waals surface area contributed by atoms with Crippen LogP contribution in [0.15, 0.2) is 12.2 Å². The van der Waals surface area contributed by atoms with Gasteiger partial charge in [0.2, 0.25) is 0 Å². The molecule has 0 heterocycles. The van der Waals surface area contributed by atoms with Gasteiger partial charge in [-0.05, 0) is 51.4 Å². The molecular formula is C81H156O17P2. The van der Waals surface area contributed by atoms with Crippen LogP contribution in [0.2, 0.25) is 0 Å². The number of hydrogen-bond donors (Lipinski definition) is 3. The Labute approximate surface area is 612 Å². The Morgan fingerprint density at radius 2 is 0.460 bits per heavy atom. The molecule has 0 aromatic carbocycles. The summed E-state index contributed by atoms with van der Waals surface area (Å²) in [4.78, 5) is 73.1. The molecule has 0 rings (SSSR count). The fourth-order valence-corrected chi connectivity index (χ4v) is 13.9. The Hall–Kier alpha value is -2.20. The largest absolute Gasteiger partial charge is 0.472 e. The third-order valence-corrected chi connectivity index (χ3v) is 20.7. The van der Waals surface area contributed by atoms with Crippen molar-refractivity contribution in [2.24, 2.45) is 0 Å². The number of aliphatic hydroxyl groups excluding tert-OH is 1. The highest BCUT2D eigenvalue weighted by Crippen LogP contribution is 2.45. The lowest BCUT2D eigenvalue weighted by molar-refractivity contribution is -0.161. The van der Waals surface area contributed by atoms with E-state index < -0.39 is 97.5 Å². The summed E-state index contributed by atoms with van der Waals surface area (Å²) in [7, 11) is -9.93. The average Bonchev–Trinajstić information content (AvgIpc) is 1.25. The van der Waals surface area contributed by atoms with Gasteiger partial charge in [-0.3, -0.25) is 37.3 Å². The molecule has 17 nitrogen and oxygen atoms in total. The lowest BCUT2D eigenvalue weighted by Gasteiger charge is -2.21. The highest BCUT2D eigenvalue weighted by atomic mass is 31.2. The maximum absolute atomic E-state index is 13.1. The zero-order chi connectivity index (χ0) is 73.2. The highest BCUT2D eigenvalue weighted by Gasteiger charge is 2.30. The molecule has 592 valence electrons. The van der Waals surface area contributed by atoms with Crippen molar-refractivity contribution in [3.05, 3.63) is 12.2 Å². The fourth-order valence-electron chi connectivity index (χ4n) is 12.3. The summed E-state index contributed by atoms with van der Waals surface area (Å²) >= 11 is 0. The van der Waals surface area contributed by atoms with Gasteiger partial charge in [-0.2, -0.15) is 0 Å². The van der Waals surface area contributed by atoms with Gasteiger partial charge >= 0.3 is 39.5 Å². The van der Waals surface area contributed by atoms with Gasteiger partial charge < -0.3 is 33.8 Å². The van der Waals surface area contributed by atoms with Crippen LogP contribution in [0, 0.1) is 0 Å². The lowest BCUT2D eigenvalue weighted by Crippen LogP contribution is -2.30. The number of aliphatic hydroxyl groups is 1. The van der Waals surface area contributed by atoms with Crippen molar-refractivity contribution in [3.8, 4) is 0 Å². The van der Waals surface area contributed by atoms with E-state index in [4.69, 9.17) is 37.0 Å². The van der Waals surface area contributed by atoms with Crippen LogP contribution in [-0.2, 0) is 65.4 Å². The number of phosphoric acid groups is 2. The Balaban J connectivity index is 5.29. The predicted molar refractivity (Wildman–Crippen MR) is 409 cm³/mol. The van der Waals surface area contributed by atoms with E-state index in [1.807, 2.05) is 0 Å². The number of ether oxygens (including phenoxy) is 4. The molecule has 2 unspecified atom stereocenters. The first kappa shape index (κ1) is 97.8. The van der Waals surface area contributed by atoms with E-state index in [9.17, 15) is 43.2 Å². The summed E-state index contributed by atoms with van der Waals surface area (Å²) in [6.07, 6.45) is 68.8. The van der Waals surface area contributed by atoms with Crippen molar-refractivity contribution in [1.29, 1.82) is 0 Å². The zero-order valence-electron chi connectivity index (χ0n) is 64.9. The number of rotatable bonds is 81.